The van der Waals surface area contributed by atoms with Crippen molar-refractivity contribution in [3.63, 3.8) is 0 Å². The number of carboxylic acids is 1. The first-order chi connectivity index (χ1) is 11.9. The second-order valence-corrected chi connectivity index (χ2v) is 6.35. The molecule has 2 unspecified atom stereocenters. The van der Waals surface area contributed by atoms with Gasteiger partial charge >= 0.3 is 5.97 Å². The first-order valence-corrected chi connectivity index (χ1v) is 8.12. The lowest BCUT2D eigenvalue weighted by molar-refractivity contribution is -0.134. The van der Waals surface area contributed by atoms with E-state index in [1.807, 2.05) is 6.92 Å². The Hall–Kier alpha value is -2.77. The van der Waals surface area contributed by atoms with E-state index >= 15 is 0 Å². The van der Waals surface area contributed by atoms with Crippen molar-refractivity contribution in [3.8, 4) is 0 Å². The molecule has 2 aromatic rings. The lowest BCUT2D eigenvalue weighted by Gasteiger charge is -2.21. The van der Waals surface area contributed by atoms with Crippen molar-refractivity contribution in [2.24, 2.45) is 5.92 Å². The number of likely N-dealkylation sites (tertiary alicyclic amines) is 1. The molecule has 1 aliphatic heterocycles. The zero-order valence-electron chi connectivity index (χ0n) is 13.8. The summed E-state index contributed by atoms with van der Waals surface area (Å²) in [6.45, 7) is 2.94. The molecule has 1 aromatic carbocycles. The topological polar surface area (TPSA) is 88.3 Å². The quantitative estimate of drug-likeness (QED) is 0.891. The molecule has 132 valence electrons. The Bertz CT molecular complexity index is 774. The maximum Gasteiger partial charge on any atom is 0.358 e. The number of amides is 1. The number of carbonyl (C=O) groups excluding carboxylic acids is 1. The molecule has 0 saturated carbocycles. The van der Waals surface area contributed by atoms with Crippen LogP contribution in [-0.4, -0.2) is 50.0 Å². The number of carboxylic acid groups (broad SMARTS) is 1. The fourth-order valence-corrected chi connectivity index (χ4v) is 3.08. The summed E-state index contributed by atoms with van der Waals surface area (Å²) in [6.07, 6.45) is 2.65. The van der Waals surface area contributed by atoms with Gasteiger partial charge in [-0.2, -0.15) is 0 Å². The summed E-state index contributed by atoms with van der Waals surface area (Å²) in [7, 11) is 0. The highest BCUT2D eigenvalue weighted by atomic mass is 19.1. The van der Waals surface area contributed by atoms with E-state index in [1.54, 1.807) is 17.0 Å². The average Bonchev–Trinajstić information content (AvgIpc) is 3.25. The Labute approximate surface area is 144 Å². The van der Waals surface area contributed by atoms with E-state index in [1.165, 1.54) is 23.0 Å². The number of carbonyl (C=O) groups is 2. The minimum Gasteiger partial charge on any atom is -0.476 e. The highest BCUT2D eigenvalue weighted by Gasteiger charge is 2.31. The Morgan fingerprint density at radius 1 is 1.36 bits per heavy atom. The lowest BCUT2D eigenvalue weighted by Crippen LogP contribution is -2.34. The molecule has 7 nitrogen and oxygen atoms in total. The molecule has 1 N–H and O–H groups in total. The van der Waals surface area contributed by atoms with Gasteiger partial charge in [-0.1, -0.05) is 24.3 Å². The van der Waals surface area contributed by atoms with E-state index in [0.29, 0.717) is 25.9 Å². The molecular formula is C17H19FN4O3. The third-order valence-electron chi connectivity index (χ3n) is 4.46. The van der Waals surface area contributed by atoms with Gasteiger partial charge in [0.05, 0.1) is 12.2 Å². The number of hydrogen-bond acceptors (Lipinski definition) is 4. The van der Waals surface area contributed by atoms with Crippen LogP contribution in [0.5, 0.6) is 0 Å². The largest absolute Gasteiger partial charge is 0.476 e. The third kappa shape index (κ3) is 3.84. The van der Waals surface area contributed by atoms with Crippen LogP contribution in [0, 0.1) is 11.7 Å². The second kappa shape index (κ2) is 7.00. The molecule has 1 fully saturated rings. The second-order valence-electron chi connectivity index (χ2n) is 6.35. The van der Waals surface area contributed by atoms with Crippen LogP contribution in [0.25, 0.3) is 0 Å². The number of nitrogens with zero attached hydrogens (tertiary/aromatic N) is 4. The zero-order valence-corrected chi connectivity index (χ0v) is 13.8. The summed E-state index contributed by atoms with van der Waals surface area (Å²) in [6, 6.07) is 6.10. The standard InChI is InChI=1S/C17H19FN4O3/c1-11(8-12-2-4-13(18)5-3-12)16(23)21-7-6-14(9-21)22-10-15(17(24)25)19-20-22/h2-5,10-11,14H,6-9H2,1H3,(H,24,25). The van der Waals surface area contributed by atoms with Crippen LogP contribution >= 0.6 is 0 Å². The number of halogens is 1. The molecule has 0 bridgehead atoms. The van der Waals surface area contributed by atoms with Crippen LogP contribution in [0.4, 0.5) is 4.39 Å². The molecule has 0 radical (unpaired) electrons. The van der Waals surface area contributed by atoms with Gasteiger partial charge in [-0.05, 0) is 30.5 Å². The molecule has 25 heavy (non-hydrogen) atoms. The van der Waals surface area contributed by atoms with Gasteiger partial charge in [-0.25, -0.2) is 13.9 Å². The predicted octanol–water partition coefficient (Wildman–Crippen LogP) is 1.77. The summed E-state index contributed by atoms with van der Waals surface area (Å²) in [5, 5.41) is 16.4. The van der Waals surface area contributed by atoms with Gasteiger partial charge in [-0.3, -0.25) is 4.79 Å². The highest BCUT2D eigenvalue weighted by molar-refractivity contribution is 5.84. The fourth-order valence-electron chi connectivity index (χ4n) is 3.08. The Morgan fingerprint density at radius 2 is 2.08 bits per heavy atom. The minimum absolute atomic E-state index is 0.0328. The maximum atomic E-state index is 13.0. The Morgan fingerprint density at radius 3 is 2.72 bits per heavy atom. The highest BCUT2D eigenvalue weighted by Crippen LogP contribution is 2.23. The van der Waals surface area contributed by atoms with E-state index in [-0.39, 0.29) is 29.4 Å². The molecule has 0 spiro atoms. The van der Waals surface area contributed by atoms with Crippen LogP contribution in [0.15, 0.2) is 30.5 Å². The van der Waals surface area contributed by atoms with E-state index in [9.17, 15) is 14.0 Å². The van der Waals surface area contributed by atoms with Gasteiger partial charge in [0, 0.05) is 19.0 Å². The van der Waals surface area contributed by atoms with Crippen molar-refractivity contribution < 1.29 is 19.1 Å². The van der Waals surface area contributed by atoms with E-state index in [4.69, 9.17) is 5.11 Å². The number of rotatable bonds is 5. The van der Waals surface area contributed by atoms with Crippen LogP contribution in [0.3, 0.4) is 0 Å². The van der Waals surface area contributed by atoms with Crippen molar-refractivity contribution in [2.45, 2.75) is 25.8 Å². The van der Waals surface area contributed by atoms with Crippen molar-refractivity contribution in [2.75, 3.05) is 13.1 Å². The number of aromatic carboxylic acids is 1. The van der Waals surface area contributed by atoms with Gasteiger partial charge in [0.15, 0.2) is 5.69 Å². The average molecular weight is 346 g/mol. The molecule has 2 atom stereocenters. The molecular weight excluding hydrogens is 327 g/mol. The van der Waals surface area contributed by atoms with Crippen molar-refractivity contribution in [1.29, 1.82) is 0 Å². The first kappa shape index (κ1) is 17.1. The van der Waals surface area contributed by atoms with Crippen LogP contribution in [-0.2, 0) is 11.2 Å². The first-order valence-electron chi connectivity index (χ1n) is 8.12. The van der Waals surface area contributed by atoms with Crippen molar-refractivity contribution in [1.82, 2.24) is 19.9 Å². The molecule has 0 aliphatic carbocycles. The van der Waals surface area contributed by atoms with Gasteiger partial charge < -0.3 is 10.0 Å². The van der Waals surface area contributed by atoms with Gasteiger partial charge in [0.1, 0.15) is 5.82 Å². The smallest absolute Gasteiger partial charge is 0.358 e. The fraction of sp³-hybridized carbons (Fsp3) is 0.412. The SMILES string of the molecule is CC(Cc1ccc(F)cc1)C(=O)N1CCC(n2cc(C(=O)O)nn2)C1. The Kier molecular flexibility index (Phi) is 4.78. The van der Waals surface area contributed by atoms with Gasteiger partial charge in [0.25, 0.3) is 0 Å². The van der Waals surface area contributed by atoms with E-state index in [2.05, 4.69) is 10.3 Å². The number of hydrogen-bond donors (Lipinski definition) is 1. The normalized spacial score (nSPS) is 18.3. The summed E-state index contributed by atoms with van der Waals surface area (Å²) < 4.78 is 14.5. The van der Waals surface area contributed by atoms with Crippen LogP contribution in [0.1, 0.15) is 35.4 Å². The van der Waals surface area contributed by atoms with Crippen molar-refractivity contribution >= 4 is 11.9 Å². The van der Waals surface area contributed by atoms with Gasteiger partial charge in [0.2, 0.25) is 5.91 Å². The summed E-state index contributed by atoms with van der Waals surface area (Å²) in [5.74, 6) is -1.59. The maximum absolute atomic E-state index is 13.0. The third-order valence-corrected chi connectivity index (χ3v) is 4.46. The van der Waals surface area contributed by atoms with E-state index < -0.39 is 5.97 Å². The van der Waals surface area contributed by atoms with Crippen LogP contribution < -0.4 is 0 Å². The summed E-state index contributed by atoms with van der Waals surface area (Å²) >= 11 is 0. The van der Waals surface area contributed by atoms with Gasteiger partial charge in [-0.15, -0.1) is 5.10 Å². The predicted molar refractivity (Wildman–Crippen MR) is 86.5 cm³/mol. The monoisotopic (exact) mass is 346 g/mol. The zero-order chi connectivity index (χ0) is 18.0. The molecule has 1 aromatic heterocycles. The minimum atomic E-state index is -1.12. The summed E-state index contributed by atoms with van der Waals surface area (Å²) in [5.41, 5.74) is 0.815. The molecule has 1 saturated heterocycles. The number of benzene rings is 1. The van der Waals surface area contributed by atoms with Crippen molar-refractivity contribution in [3.05, 3.63) is 47.5 Å². The molecule has 1 amide bonds. The molecule has 8 heteroatoms. The van der Waals surface area contributed by atoms with Crippen LogP contribution in [0.2, 0.25) is 0 Å². The lowest BCUT2D eigenvalue weighted by atomic mass is 10.00. The van der Waals surface area contributed by atoms with E-state index in [0.717, 1.165) is 5.56 Å². The molecule has 1 aliphatic rings. The number of aromatic nitrogens is 3. The Balaban J connectivity index is 1.59. The molecule has 2 heterocycles. The molecule has 3 rings (SSSR count). The summed E-state index contributed by atoms with van der Waals surface area (Å²) in [4.78, 5) is 25.3.